The van der Waals surface area contributed by atoms with Crippen LogP contribution >= 0.6 is 0 Å². The Bertz CT molecular complexity index is 1780. The van der Waals surface area contributed by atoms with Crippen LogP contribution in [-0.2, 0) is 52.2 Å². The lowest BCUT2D eigenvalue weighted by Gasteiger charge is -2.47. The zero-order chi connectivity index (χ0) is 47.8. The van der Waals surface area contributed by atoms with Crippen LogP contribution in [-0.4, -0.2) is 104 Å². The zero-order valence-corrected chi connectivity index (χ0v) is 40.4. The molecule has 14 nitrogen and oxygen atoms in total. The largest absolute Gasteiger partial charge is 0.481 e. The number of hydrogen-bond donors (Lipinski definition) is 1. The minimum Gasteiger partial charge on any atom is -0.481 e. The van der Waals surface area contributed by atoms with Crippen LogP contribution in [0, 0.1) is 35.5 Å². The molecule has 3 heterocycles. The number of carbonyl (C=O) groups is 4. The van der Waals surface area contributed by atoms with Gasteiger partial charge in [0.15, 0.2) is 37.2 Å². The number of carboxylic acid groups (broad SMARTS) is 1. The highest BCUT2D eigenvalue weighted by Crippen LogP contribution is 2.40. The van der Waals surface area contributed by atoms with Crippen molar-refractivity contribution in [1.82, 2.24) is 0 Å². The predicted molar refractivity (Wildman–Crippen MR) is 245 cm³/mol. The Kier molecular flexibility index (Phi) is 21.4. The Balaban J connectivity index is 1.33. The first kappa shape index (κ1) is 53.0. The van der Waals surface area contributed by atoms with E-state index in [1.807, 2.05) is 19.1 Å². The van der Waals surface area contributed by atoms with Crippen molar-refractivity contribution >= 4 is 23.9 Å². The molecule has 3 aliphatic heterocycles. The number of rotatable bonds is 24. The lowest BCUT2D eigenvalue weighted by Crippen LogP contribution is -2.56. The average Bonchev–Trinajstić information content (AvgIpc) is 3.31. The molecule has 0 radical (unpaired) electrons. The summed E-state index contributed by atoms with van der Waals surface area (Å²) in [6.07, 6.45) is 1.50. The fraction of sp³-hybridized carbons (Fsp3) is 0.692. The quantitative estimate of drug-likeness (QED) is 0.0600. The number of ether oxygens (including phenoxy) is 9. The van der Waals surface area contributed by atoms with Crippen LogP contribution in [0.25, 0.3) is 0 Å². The van der Waals surface area contributed by atoms with Crippen LogP contribution in [0.1, 0.15) is 140 Å². The number of unbranched alkanes of at least 4 members (excludes halogenated alkanes) is 5. The minimum atomic E-state index is -0.934. The molecule has 15 unspecified atom stereocenters. The fourth-order valence-electron chi connectivity index (χ4n) is 9.61. The lowest BCUT2D eigenvalue weighted by atomic mass is 9.80. The summed E-state index contributed by atoms with van der Waals surface area (Å²) in [5, 5.41) is 8.96. The first-order valence-electron chi connectivity index (χ1n) is 24.5. The second-order valence-corrected chi connectivity index (χ2v) is 18.6. The molecular weight excluding hydrogens is 849 g/mol. The molecule has 0 spiro atoms. The van der Waals surface area contributed by atoms with Gasteiger partial charge in [-0.15, -0.1) is 0 Å². The summed E-state index contributed by atoms with van der Waals surface area (Å²) in [5.74, 6) is -2.68. The van der Waals surface area contributed by atoms with Crippen molar-refractivity contribution in [2.24, 2.45) is 35.5 Å². The molecule has 0 aromatic heterocycles. The molecule has 1 N–H and O–H groups in total. The van der Waals surface area contributed by atoms with Crippen LogP contribution in [0.4, 0.5) is 0 Å². The van der Waals surface area contributed by atoms with Crippen LogP contribution in [0.15, 0.2) is 60.7 Å². The van der Waals surface area contributed by atoms with E-state index < -0.39 is 67.2 Å². The van der Waals surface area contributed by atoms with E-state index in [0.29, 0.717) is 30.6 Å². The fourth-order valence-corrected chi connectivity index (χ4v) is 9.61. The third-order valence-electron chi connectivity index (χ3n) is 14.1. The predicted octanol–water partition coefficient (Wildman–Crippen LogP) is 9.42. The van der Waals surface area contributed by atoms with E-state index in [4.69, 9.17) is 47.7 Å². The average molecular weight is 925 g/mol. The topological polar surface area (TPSA) is 172 Å². The van der Waals surface area contributed by atoms with Crippen LogP contribution in [0.5, 0.6) is 0 Å². The van der Waals surface area contributed by atoms with E-state index in [0.717, 1.165) is 44.9 Å². The number of benzene rings is 2. The molecule has 3 saturated heterocycles. The van der Waals surface area contributed by atoms with Crippen molar-refractivity contribution < 1.29 is 66.9 Å². The smallest absolute Gasteiger partial charge is 0.338 e. The molecule has 2 aromatic carbocycles. The molecule has 66 heavy (non-hydrogen) atoms. The van der Waals surface area contributed by atoms with Crippen molar-refractivity contribution in [3.05, 3.63) is 71.8 Å². The summed E-state index contributed by atoms with van der Waals surface area (Å²) in [6, 6.07) is 17.7. The van der Waals surface area contributed by atoms with E-state index in [-0.39, 0.29) is 67.3 Å². The molecule has 0 amide bonds. The highest BCUT2D eigenvalue weighted by Gasteiger charge is 2.49. The van der Waals surface area contributed by atoms with Crippen LogP contribution in [0.3, 0.4) is 0 Å². The molecule has 3 fully saturated rings. The van der Waals surface area contributed by atoms with E-state index in [2.05, 4.69) is 41.5 Å². The molecule has 368 valence electrons. The molecule has 3 aliphatic rings. The lowest BCUT2D eigenvalue weighted by molar-refractivity contribution is -0.311. The van der Waals surface area contributed by atoms with Gasteiger partial charge in [-0.3, -0.25) is 9.59 Å². The second kappa shape index (κ2) is 26.6. The summed E-state index contributed by atoms with van der Waals surface area (Å²) in [4.78, 5) is 50.5. The van der Waals surface area contributed by atoms with Gasteiger partial charge in [0, 0.05) is 37.7 Å². The Morgan fingerprint density at radius 2 is 0.985 bits per heavy atom. The molecule has 0 aliphatic carbocycles. The molecule has 2 aromatic rings. The van der Waals surface area contributed by atoms with Crippen molar-refractivity contribution in [3.63, 3.8) is 0 Å². The van der Waals surface area contributed by atoms with E-state index in [1.165, 1.54) is 6.92 Å². The maximum Gasteiger partial charge on any atom is 0.338 e. The number of hydrogen-bond acceptors (Lipinski definition) is 13. The summed E-state index contributed by atoms with van der Waals surface area (Å²) in [6.45, 7) is 16.5. The van der Waals surface area contributed by atoms with Gasteiger partial charge in [-0.2, -0.15) is 0 Å². The Hall–Kier alpha value is -3.92. The number of esters is 3. The highest BCUT2D eigenvalue weighted by atomic mass is 16.7. The summed E-state index contributed by atoms with van der Waals surface area (Å²) in [7, 11) is 0. The summed E-state index contributed by atoms with van der Waals surface area (Å²) >= 11 is 0. The van der Waals surface area contributed by atoms with E-state index >= 15 is 0 Å². The van der Waals surface area contributed by atoms with E-state index in [9.17, 15) is 19.2 Å². The van der Waals surface area contributed by atoms with Gasteiger partial charge < -0.3 is 47.7 Å². The van der Waals surface area contributed by atoms with Gasteiger partial charge in [0.25, 0.3) is 0 Å². The van der Waals surface area contributed by atoms with Crippen molar-refractivity contribution in [3.8, 4) is 0 Å². The SMILES string of the molecule is CCC1OC(OCCC2C(C)C(COC3OC(CC)C(C)C(C)C3OC(=O)c3ccccc3)OC(OCCCCCCCCC(=O)O)C2OC(C)=O)C(OC(=O)c2ccccc2)C(C)C1C. The Morgan fingerprint density at radius 3 is 1.48 bits per heavy atom. The first-order valence-corrected chi connectivity index (χ1v) is 24.5. The summed E-state index contributed by atoms with van der Waals surface area (Å²) in [5.41, 5.74) is 0.878. The molecule has 0 saturated carbocycles. The number of carboxylic acids is 1. The molecule has 15 atom stereocenters. The Morgan fingerprint density at radius 1 is 0.530 bits per heavy atom. The van der Waals surface area contributed by atoms with Crippen molar-refractivity contribution in [1.29, 1.82) is 0 Å². The van der Waals surface area contributed by atoms with Gasteiger partial charge in [-0.1, -0.05) is 111 Å². The van der Waals surface area contributed by atoms with Gasteiger partial charge in [0.1, 0.15) is 0 Å². The van der Waals surface area contributed by atoms with Crippen molar-refractivity contribution in [2.45, 2.75) is 175 Å². The zero-order valence-electron chi connectivity index (χ0n) is 40.4. The highest BCUT2D eigenvalue weighted by molar-refractivity contribution is 5.90. The van der Waals surface area contributed by atoms with Gasteiger partial charge >= 0.3 is 23.9 Å². The van der Waals surface area contributed by atoms with Gasteiger partial charge in [-0.05, 0) is 74.1 Å². The second-order valence-electron chi connectivity index (χ2n) is 18.6. The molecule has 5 rings (SSSR count). The minimum absolute atomic E-state index is 0.0583. The first-order chi connectivity index (χ1) is 31.7. The van der Waals surface area contributed by atoms with E-state index in [1.54, 1.807) is 48.5 Å². The third kappa shape index (κ3) is 14.8. The van der Waals surface area contributed by atoms with Gasteiger partial charge in [-0.25, -0.2) is 9.59 Å². The molecule has 0 bridgehead atoms. The molecular formula is C52H76O14. The maximum atomic E-state index is 13.4. The normalized spacial score (nSPS) is 32.3. The van der Waals surface area contributed by atoms with Crippen molar-refractivity contribution in [2.75, 3.05) is 19.8 Å². The van der Waals surface area contributed by atoms with Gasteiger partial charge in [0.05, 0.1) is 42.7 Å². The van der Waals surface area contributed by atoms with Crippen LogP contribution < -0.4 is 0 Å². The molecule has 14 heteroatoms. The monoisotopic (exact) mass is 925 g/mol. The van der Waals surface area contributed by atoms with Crippen LogP contribution in [0.2, 0.25) is 0 Å². The standard InChI is InChI=1S/C52H76O14/c1-9-41-32(3)34(5)45(65-48(56)38-23-17-15-18-24-38)50(62-41)59-30-28-40-36(7)43(64-52(47(40)61-37(8)53)58-29-22-14-12-11-13-21-27-44(54)55)31-60-51-46(35(6)33(4)42(10-2)63-51)66-49(57)39-25-19-16-20-26-39/h15-20,23-26,32-36,40-43,45-47,50-52H,9-14,21-22,27-31H2,1-8H3,(H,54,55). The number of carbonyl (C=O) groups excluding carboxylic acids is 3. The van der Waals surface area contributed by atoms with Gasteiger partial charge in [0.2, 0.25) is 0 Å². The maximum absolute atomic E-state index is 13.4. The summed E-state index contributed by atoms with van der Waals surface area (Å²) < 4.78 is 57.7. The Labute approximate surface area is 392 Å². The number of aliphatic carboxylic acids is 1. The third-order valence-corrected chi connectivity index (χ3v) is 14.1.